The molecule has 0 unspecified atom stereocenters. The molecule has 0 saturated carbocycles. The van der Waals surface area contributed by atoms with Gasteiger partial charge in [0.05, 0.1) is 4.92 Å². The van der Waals surface area contributed by atoms with E-state index in [1.165, 1.54) is 6.07 Å². The first-order valence-corrected chi connectivity index (χ1v) is 5.66. The van der Waals surface area contributed by atoms with Gasteiger partial charge in [-0.2, -0.15) is 0 Å². The standard InChI is InChI=1S/C11H16ClN3O2/c1-8-9(12)4-5-10(15(16)17)11(8)14(3)7-6-13-2/h4-5,13H,6-7H2,1-3H3. The van der Waals surface area contributed by atoms with Crippen LogP contribution in [0.1, 0.15) is 5.56 Å². The Labute approximate surface area is 106 Å². The molecular formula is C11H16ClN3O2. The van der Waals surface area contributed by atoms with E-state index >= 15 is 0 Å². The Kier molecular flexibility index (Phi) is 4.72. The van der Waals surface area contributed by atoms with E-state index in [9.17, 15) is 10.1 Å². The first-order valence-electron chi connectivity index (χ1n) is 5.28. The van der Waals surface area contributed by atoms with Crippen molar-refractivity contribution in [2.45, 2.75) is 6.92 Å². The van der Waals surface area contributed by atoms with Crippen LogP contribution in [-0.4, -0.2) is 32.1 Å². The van der Waals surface area contributed by atoms with Gasteiger partial charge in [-0.1, -0.05) is 11.6 Å². The minimum absolute atomic E-state index is 0.0884. The van der Waals surface area contributed by atoms with Crippen LogP contribution in [0.4, 0.5) is 11.4 Å². The number of nitrogens with zero attached hydrogens (tertiary/aromatic N) is 2. The van der Waals surface area contributed by atoms with Crippen LogP contribution in [0, 0.1) is 17.0 Å². The van der Waals surface area contributed by atoms with Crippen LogP contribution < -0.4 is 10.2 Å². The van der Waals surface area contributed by atoms with Crippen molar-refractivity contribution in [1.82, 2.24) is 5.32 Å². The molecule has 0 heterocycles. The Morgan fingerprint density at radius 2 is 2.18 bits per heavy atom. The maximum absolute atomic E-state index is 11.0. The molecule has 1 aromatic rings. The SMILES string of the molecule is CNCCN(C)c1c([N+](=O)[O-])ccc(Cl)c1C. The maximum atomic E-state index is 11.0. The van der Waals surface area contributed by atoms with Crippen LogP contribution in [0.3, 0.4) is 0 Å². The molecule has 0 aliphatic heterocycles. The van der Waals surface area contributed by atoms with Crippen LogP contribution in [0.15, 0.2) is 12.1 Å². The normalized spacial score (nSPS) is 10.4. The molecule has 0 radical (unpaired) electrons. The monoisotopic (exact) mass is 257 g/mol. The second-order valence-electron chi connectivity index (χ2n) is 3.82. The van der Waals surface area contributed by atoms with Gasteiger partial charge in [0.15, 0.2) is 0 Å². The Morgan fingerprint density at radius 3 is 2.71 bits per heavy atom. The smallest absolute Gasteiger partial charge is 0.292 e. The Balaban J connectivity index is 3.18. The highest BCUT2D eigenvalue weighted by molar-refractivity contribution is 6.31. The van der Waals surface area contributed by atoms with Crippen molar-refractivity contribution in [3.8, 4) is 0 Å². The number of anilines is 1. The van der Waals surface area contributed by atoms with Gasteiger partial charge in [-0.05, 0) is 25.6 Å². The van der Waals surface area contributed by atoms with Gasteiger partial charge in [0.2, 0.25) is 0 Å². The van der Waals surface area contributed by atoms with E-state index in [2.05, 4.69) is 5.32 Å². The Bertz CT molecular complexity index is 423. The molecular weight excluding hydrogens is 242 g/mol. The average Bonchev–Trinajstić information content (AvgIpc) is 2.28. The zero-order valence-electron chi connectivity index (χ0n) is 10.2. The van der Waals surface area contributed by atoms with Gasteiger partial charge in [0, 0.05) is 31.2 Å². The van der Waals surface area contributed by atoms with Crippen LogP contribution in [0.25, 0.3) is 0 Å². The Morgan fingerprint density at radius 1 is 1.53 bits per heavy atom. The zero-order chi connectivity index (χ0) is 13.0. The zero-order valence-corrected chi connectivity index (χ0v) is 10.9. The highest BCUT2D eigenvalue weighted by Gasteiger charge is 2.20. The molecule has 0 amide bonds. The molecule has 0 fully saturated rings. The first-order chi connectivity index (χ1) is 7.99. The second kappa shape index (κ2) is 5.84. The van der Waals surface area contributed by atoms with Crippen LogP contribution >= 0.6 is 11.6 Å². The van der Waals surface area contributed by atoms with E-state index in [0.717, 1.165) is 12.1 Å². The van der Waals surface area contributed by atoms with Crippen molar-refractivity contribution in [2.75, 3.05) is 32.1 Å². The third-order valence-electron chi connectivity index (χ3n) is 2.62. The summed E-state index contributed by atoms with van der Waals surface area (Å²) < 4.78 is 0. The van der Waals surface area contributed by atoms with Gasteiger partial charge in [0.1, 0.15) is 5.69 Å². The van der Waals surface area contributed by atoms with E-state index < -0.39 is 0 Å². The van der Waals surface area contributed by atoms with Gasteiger partial charge in [0.25, 0.3) is 5.69 Å². The molecule has 0 spiro atoms. The molecule has 1 N–H and O–H groups in total. The topological polar surface area (TPSA) is 58.4 Å². The number of nitro groups is 1. The van der Waals surface area contributed by atoms with E-state index in [-0.39, 0.29) is 10.6 Å². The lowest BCUT2D eigenvalue weighted by molar-refractivity contribution is -0.384. The highest BCUT2D eigenvalue weighted by Crippen LogP contribution is 2.35. The van der Waals surface area contributed by atoms with Gasteiger partial charge in [-0.15, -0.1) is 0 Å². The van der Waals surface area contributed by atoms with Crippen LogP contribution in [0.5, 0.6) is 0 Å². The van der Waals surface area contributed by atoms with E-state index in [4.69, 9.17) is 11.6 Å². The number of hydrogen-bond donors (Lipinski definition) is 1. The number of nitrogens with one attached hydrogen (secondary N) is 1. The summed E-state index contributed by atoms with van der Waals surface area (Å²) in [6.07, 6.45) is 0. The number of rotatable bonds is 5. The molecule has 0 atom stereocenters. The summed E-state index contributed by atoms with van der Waals surface area (Å²) in [5.74, 6) is 0. The summed E-state index contributed by atoms with van der Waals surface area (Å²) in [4.78, 5) is 12.4. The lowest BCUT2D eigenvalue weighted by atomic mass is 10.1. The van der Waals surface area contributed by atoms with E-state index in [0.29, 0.717) is 17.3 Å². The van der Waals surface area contributed by atoms with Gasteiger partial charge >= 0.3 is 0 Å². The summed E-state index contributed by atoms with van der Waals surface area (Å²) in [6.45, 7) is 3.22. The van der Waals surface area contributed by atoms with Gasteiger partial charge in [-0.3, -0.25) is 10.1 Å². The summed E-state index contributed by atoms with van der Waals surface area (Å²) >= 11 is 6.00. The van der Waals surface area contributed by atoms with Crippen molar-refractivity contribution in [2.24, 2.45) is 0 Å². The molecule has 0 bridgehead atoms. The number of halogens is 1. The molecule has 0 aliphatic carbocycles. The average molecular weight is 258 g/mol. The molecule has 5 nitrogen and oxygen atoms in total. The Hall–Kier alpha value is -1.33. The van der Waals surface area contributed by atoms with Gasteiger partial charge < -0.3 is 10.2 Å². The third kappa shape index (κ3) is 3.08. The lowest BCUT2D eigenvalue weighted by Gasteiger charge is -2.21. The molecule has 94 valence electrons. The molecule has 0 aromatic heterocycles. The van der Waals surface area contributed by atoms with Crippen LogP contribution in [-0.2, 0) is 0 Å². The molecule has 1 rings (SSSR count). The fourth-order valence-electron chi connectivity index (χ4n) is 1.68. The molecule has 0 aliphatic rings. The van der Waals surface area contributed by atoms with Crippen molar-refractivity contribution in [3.05, 3.63) is 32.8 Å². The summed E-state index contributed by atoms with van der Waals surface area (Å²) in [5, 5.41) is 14.5. The predicted molar refractivity (Wildman–Crippen MR) is 70.0 cm³/mol. The number of nitro benzene ring substituents is 1. The molecule has 1 aromatic carbocycles. The number of benzene rings is 1. The minimum atomic E-state index is -0.380. The largest absolute Gasteiger partial charge is 0.368 e. The van der Waals surface area contributed by atoms with Crippen molar-refractivity contribution in [1.29, 1.82) is 0 Å². The fraction of sp³-hybridized carbons (Fsp3) is 0.455. The summed E-state index contributed by atoms with van der Waals surface area (Å²) in [5.41, 5.74) is 1.41. The van der Waals surface area contributed by atoms with E-state index in [1.807, 2.05) is 19.0 Å². The predicted octanol–water partition coefficient (Wildman–Crippen LogP) is 2.21. The lowest BCUT2D eigenvalue weighted by Crippen LogP contribution is -2.28. The molecule has 6 heteroatoms. The number of likely N-dealkylation sites (N-methyl/N-ethyl adjacent to an activating group) is 2. The first kappa shape index (κ1) is 13.7. The molecule has 17 heavy (non-hydrogen) atoms. The van der Waals surface area contributed by atoms with Crippen molar-refractivity contribution >= 4 is 23.0 Å². The minimum Gasteiger partial charge on any atom is -0.368 e. The van der Waals surface area contributed by atoms with E-state index in [1.54, 1.807) is 13.0 Å². The quantitative estimate of drug-likeness (QED) is 0.649. The third-order valence-corrected chi connectivity index (χ3v) is 3.03. The van der Waals surface area contributed by atoms with Gasteiger partial charge in [-0.25, -0.2) is 0 Å². The van der Waals surface area contributed by atoms with Crippen LogP contribution in [0.2, 0.25) is 5.02 Å². The maximum Gasteiger partial charge on any atom is 0.292 e. The number of hydrogen-bond acceptors (Lipinski definition) is 4. The van der Waals surface area contributed by atoms with Crippen molar-refractivity contribution in [3.63, 3.8) is 0 Å². The summed E-state index contributed by atoms with van der Waals surface area (Å²) in [6, 6.07) is 3.00. The fourth-order valence-corrected chi connectivity index (χ4v) is 1.83. The van der Waals surface area contributed by atoms with Crippen molar-refractivity contribution < 1.29 is 4.92 Å². The second-order valence-corrected chi connectivity index (χ2v) is 4.23. The molecule has 0 saturated heterocycles. The summed E-state index contributed by atoms with van der Waals surface area (Å²) in [7, 11) is 3.66. The highest BCUT2D eigenvalue weighted by atomic mass is 35.5.